The first kappa shape index (κ1) is 17.4. The van der Waals surface area contributed by atoms with Gasteiger partial charge in [-0.2, -0.15) is 5.10 Å². The molecule has 0 fully saturated rings. The molecule has 25 heavy (non-hydrogen) atoms. The summed E-state index contributed by atoms with van der Waals surface area (Å²) in [6.07, 6.45) is 1.67. The fraction of sp³-hybridized carbons (Fsp3) is 0.118. The number of carbonyl (C=O) groups is 2. The molecule has 0 aliphatic rings. The Morgan fingerprint density at radius 3 is 2.84 bits per heavy atom. The van der Waals surface area contributed by atoms with Gasteiger partial charge in [0.25, 0.3) is 5.91 Å². The number of nitrogens with one attached hydrogen (secondary N) is 1. The van der Waals surface area contributed by atoms with Crippen LogP contribution >= 0.6 is 27.3 Å². The molecule has 8 heteroatoms. The maximum Gasteiger partial charge on any atom is 0.358 e. The Labute approximate surface area is 156 Å². The van der Waals surface area contributed by atoms with Gasteiger partial charge in [-0.1, -0.05) is 6.07 Å². The summed E-state index contributed by atoms with van der Waals surface area (Å²) in [6, 6.07) is 12.4. The number of benzene rings is 1. The van der Waals surface area contributed by atoms with E-state index in [0.717, 1.165) is 9.47 Å². The number of ether oxygens (including phenoxy) is 1. The lowest BCUT2D eigenvalue weighted by atomic mass is 10.2. The molecule has 0 aliphatic carbocycles. The second kappa shape index (κ2) is 7.62. The van der Waals surface area contributed by atoms with Crippen LogP contribution < -0.4 is 5.32 Å². The topological polar surface area (TPSA) is 73.2 Å². The van der Waals surface area contributed by atoms with Gasteiger partial charge in [-0.3, -0.25) is 4.79 Å². The minimum absolute atomic E-state index is 0.180. The smallest absolute Gasteiger partial charge is 0.358 e. The van der Waals surface area contributed by atoms with Crippen molar-refractivity contribution < 1.29 is 14.3 Å². The number of hydrogen-bond donors (Lipinski definition) is 1. The SMILES string of the molecule is CCOC(=O)c1ccn(-c2cccc(NC(=O)c3ccc(Br)s3)c2)n1. The number of amides is 1. The highest BCUT2D eigenvalue weighted by Gasteiger charge is 2.12. The van der Waals surface area contributed by atoms with Crippen LogP contribution in [-0.4, -0.2) is 28.3 Å². The lowest BCUT2D eigenvalue weighted by Gasteiger charge is -2.07. The van der Waals surface area contributed by atoms with Gasteiger partial charge in [0.15, 0.2) is 5.69 Å². The summed E-state index contributed by atoms with van der Waals surface area (Å²) in [5, 5.41) is 7.06. The summed E-state index contributed by atoms with van der Waals surface area (Å²) in [6.45, 7) is 2.04. The average Bonchev–Trinajstić information content (AvgIpc) is 3.24. The maximum absolute atomic E-state index is 12.2. The number of thiophene rings is 1. The highest BCUT2D eigenvalue weighted by atomic mass is 79.9. The highest BCUT2D eigenvalue weighted by Crippen LogP contribution is 2.23. The van der Waals surface area contributed by atoms with Crippen molar-refractivity contribution in [3.05, 3.63) is 63.0 Å². The normalized spacial score (nSPS) is 10.5. The van der Waals surface area contributed by atoms with Gasteiger partial charge in [0.1, 0.15) is 0 Å². The summed E-state index contributed by atoms with van der Waals surface area (Å²) >= 11 is 4.70. The number of anilines is 1. The average molecular weight is 420 g/mol. The number of aromatic nitrogens is 2. The molecule has 0 saturated heterocycles. The van der Waals surface area contributed by atoms with Crippen molar-refractivity contribution in [2.75, 3.05) is 11.9 Å². The number of hydrogen-bond acceptors (Lipinski definition) is 5. The van der Waals surface area contributed by atoms with Crippen LogP contribution in [0.2, 0.25) is 0 Å². The number of rotatable bonds is 5. The summed E-state index contributed by atoms with van der Waals surface area (Å²) < 4.78 is 7.39. The molecule has 1 amide bonds. The Hall–Kier alpha value is -2.45. The number of halogens is 1. The van der Waals surface area contributed by atoms with Crippen LogP contribution in [0.3, 0.4) is 0 Å². The van der Waals surface area contributed by atoms with Crippen LogP contribution in [0.5, 0.6) is 0 Å². The first-order valence-corrected chi connectivity index (χ1v) is 9.07. The molecular formula is C17H14BrN3O3S. The second-order valence-corrected chi connectivity index (χ2v) is 7.44. The van der Waals surface area contributed by atoms with Gasteiger partial charge in [-0.05, 0) is 59.3 Å². The van der Waals surface area contributed by atoms with E-state index in [4.69, 9.17) is 4.74 Å². The zero-order valence-electron chi connectivity index (χ0n) is 13.2. The molecule has 128 valence electrons. The van der Waals surface area contributed by atoms with E-state index < -0.39 is 5.97 Å². The maximum atomic E-state index is 12.2. The molecule has 0 spiro atoms. The van der Waals surface area contributed by atoms with Crippen LogP contribution in [0.1, 0.15) is 27.1 Å². The molecule has 0 bridgehead atoms. The Kier molecular flexibility index (Phi) is 5.30. The van der Waals surface area contributed by atoms with E-state index in [9.17, 15) is 9.59 Å². The summed E-state index contributed by atoms with van der Waals surface area (Å²) in [4.78, 5) is 24.6. The summed E-state index contributed by atoms with van der Waals surface area (Å²) in [5.74, 6) is -0.644. The van der Waals surface area contributed by atoms with Crippen LogP contribution in [0, 0.1) is 0 Å². The van der Waals surface area contributed by atoms with Gasteiger partial charge < -0.3 is 10.1 Å². The van der Waals surface area contributed by atoms with Gasteiger partial charge in [-0.15, -0.1) is 11.3 Å². The molecular weight excluding hydrogens is 406 g/mol. The first-order valence-electron chi connectivity index (χ1n) is 7.46. The summed E-state index contributed by atoms with van der Waals surface area (Å²) in [7, 11) is 0. The third kappa shape index (κ3) is 4.15. The van der Waals surface area contributed by atoms with Crippen molar-refractivity contribution in [2.24, 2.45) is 0 Å². The van der Waals surface area contributed by atoms with Crippen molar-refractivity contribution in [1.82, 2.24) is 9.78 Å². The quantitative estimate of drug-likeness (QED) is 0.631. The van der Waals surface area contributed by atoms with Gasteiger partial charge in [0.05, 0.1) is 21.0 Å². The van der Waals surface area contributed by atoms with Crippen LogP contribution in [0.4, 0.5) is 5.69 Å². The predicted molar refractivity (Wildman–Crippen MR) is 99.5 cm³/mol. The molecule has 3 aromatic rings. The molecule has 6 nitrogen and oxygen atoms in total. The highest BCUT2D eigenvalue weighted by molar-refractivity contribution is 9.11. The minimum Gasteiger partial charge on any atom is -0.461 e. The zero-order valence-corrected chi connectivity index (χ0v) is 15.6. The molecule has 1 N–H and O–H groups in total. The van der Waals surface area contributed by atoms with Gasteiger partial charge in [-0.25, -0.2) is 9.48 Å². The number of carbonyl (C=O) groups excluding carboxylic acids is 2. The lowest BCUT2D eigenvalue weighted by molar-refractivity contribution is 0.0519. The molecule has 0 atom stereocenters. The lowest BCUT2D eigenvalue weighted by Crippen LogP contribution is -2.10. The fourth-order valence-electron chi connectivity index (χ4n) is 2.14. The Balaban J connectivity index is 1.77. The third-order valence-electron chi connectivity index (χ3n) is 3.24. The van der Waals surface area contributed by atoms with Gasteiger partial charge in [0.2, 0.25) is 0 Å². The monoisotopic (exact) mass is 419 g/mol. The van der Waals surface area contributed by atoms with Crippen LogP contribution in [0.25, 0.3) is 5.69 Å². The molecule has 2 heterocycles. The Bertz CT molecular complexity index is 919. The van der Waals surface area contributed by atoms with Crippen molar-refractivity contribution in [3.8, 4) is 5.69 Å². The predicted octanol–water partition coefficient (Wildman–Crippen LogP) is 4.13. The standard InChI is InChI=1S/C17H14BrN3O3S/c1-2-24-17(23)13-8-9-21(20-13)12-5-3-4-11(10-12)19-16(22)14-6-7-15(18)25-14/h3-10H,2H2,1H3,(H,19,22). The van der Waals surface area contributed by atoms with E-state index in [2.05, 4.69) is 26.3 Å². The van der Waals surface area contributed by atoms with E-state index in [1.165, 1.54) is 11.3 Å². The Morgan fingerprint density at radius 1 is 1.28 bits per heavy atom. The van der Waals surface area contributed by atoms with Crippen LogP contribution in [-0.2, 0) is 4.74 Å². The van der Waals surface area contributed by atoms with E-state index in [0.29, 0.717) is 17.2 Å². The van der Waals surface area contributed by atoms with E-state index in [-0.39, 0.29) is 11.6 Å². The van der Waals surface area contributed by atoms with Crippen molar-refractivity contribution >= 4 is 44.8 Å². The number of nitrogens with zero attached hydrogens (tertiary/aromatic N) is 2. The van der Waals surface area contributed by atoms with Crippen molar-refractivity contribution in [3.63, 3.8) is 0 Å². The molecule has 2 aromatic heterocycles. The van der Waals surface area contributed by atoms with Crippen molar-refractivity contribution in [2.45, 2.75) is 6.92 Å². The summed E-state index contributed by atoms with van der Waals surface area (Å²) in [5.41, 5.74) is 1.60. The van der Waals surface area contributed by atoms with Crippen molar-refractivity contribution in [1.29, 1.82) is 0 Å². The Morgan fingerprint density at radius 2 is 2.12 bits per heavy atom. The van der Waals surface area contributed by atoms with E-state index >= 15 is 0 Å². The largest absolute Gasteiger partial charge is 0.461 e. The molecule has 3 rings (SSSR count). The minimum atomic E-state index is -0.464. The van der Waals surface area contributed by atoms with Crippen LogP contribution in [0.15, 0.2) is 52.4 Å². The molecule has 0 radical (unpaired) electrons. The molecule has 0 aliphatic heterocycles. The van der Waals surface area contributed by atoms with E-state index in [1.54, 1.807) is 48.1 Å². The third-order valence-corrected chi connectivity index (χ3v) is 4.86. The molecule has 0 saturated carbocycles. The van der Waals surface area contributed by atoms with Gasteiger partial charge in [0, 0.05) is 11.9 Å². The number of esters is 1. The fourth-order valence-corrected chi connectivity index (χ4v) is 3.42. The van der Waals surface area contributed by atoms with Gasteiger partial charge >= 0.3 is 5.97 Å². The molecule has 0 unspecified atom stereocenters. The second-order valence-electron chi connectivity index (χ2n) is 4.97. The van der Waals surface area contributed by atoms with E-state index in [1.807, 2.05) is 12.1 Å². The first-order chi connectivity index (χ1) is 12.1. The zero-order chi connectivity index (χ0) is 17.8. The molecule has 1 aromatic carbocycles.